The van der Waals surface area contributed by atoms with Crippen LogP contribution in [0.3, 0.4) is 0 Å². The SMILES string of the molecule is O=C(OC1C2CC(C1OC(=O)c1ccc3ccccc3n1)C1c3ccccc3CC21)c1ccc2ccccc2n1. The number of hydrogen-bond acceptors (Lipinski definition) is 6. The Kier molecular flexibility index (Phi) is 5.24. The molecule has 3 aromatic carbocycles. The molecular formula is C34H26N2O4. The number of esters is 2. The highest BCUT2D eigenvalue weighted by Crippen LogP contribution is 2.62. The van der Waals surface area contributed by atoms with Crippen molar-refractivity contribution in [3.8, 4) is 0 Å². The molecule has 8 rings (SSSR count). The molecule has 2 bridgehead atoms. The van der Waals surface area contributed by atoms with Gasteiger partial charge in [-0.15, -0.1) is 0 Å². The third kappa shape index (κ3) is 3.63. The number of fused-ring (bicyclic) bond motifs is 9. The molecule has 6 unspecified atom stereocenters. The second-order valence-corrected chi connectivity index (χ2v) is 11.2. The second kappa shape index (κ2) is 8.98. The highest BCUT2D eigenvalue weighted by Gasteiger charge is 2.63. The standard InChI is InChI=1S/C34H26N2O4/c37-33(28-15-13-19-7-2-5-11-26(19)35-28)39-31-24-18-25(30-22-10-4-1-9-21(22)17-23(24)30)32(31)40-34(38)29-16-14-20-8-3-6-12-27(20)36-29/h1-16,23-25,30-32H,17-18H2. The summed E-state index contributed by atoms with van der Waals surface area (Å²) in [6, 6.07) is 31.1. The van der Waals surface area contributed by atoms with Crippen LogP contribution < -0.4 is 0 Å². The highest BCUT2D eigenvalue weighted by atomic mass is 16.6. The Hall–Kier alpha value is -4.58. The number of aromatic nitrogens is 2. The summed E-state index contributed by atoms with van der Waals surface area (Å²) in [6.07, 6.45) is 0.723. The molecule has 6 atom stereocenters. The lowest BCUT2D eigenvalue weighted by Gasteiger charge is -2.37. The number of nitrogens with zero attached hydrogens (tertiary/aromatic N) is 2. The fraction of sp³-hybridized carbons (Fsp3) is 0.235. The van der Waals surface area contributed by atoms with Gasteiger partial charge in [-0.2, -0.15) is 0 Å². The maximum atomic E-state index is 13.5. The highest BCUT2D eigenvalue weighted by molar-refractivity contribution is 5.92. The van der Waals surface area contributed by atoms with Crippen molar-refractivity contribution in [2.45, 2.75) is 31.0 Å². The van der Waals surface area contributed by atoms with Crippen molar-refractivity contribution in [1.82, 2.24) is 9.97 Å². The van der Waals surface area contributed by atoms with Gasteiger partial charge >= 0.3 is 11.9 Å². The third-order valence-electron chi connectivity index (χ3n) is 9.16. The number of carbonyl (C=O) groups excluding carboxylic acids is 2. The summed E-state index contributed by atoms with van der Waals surface area (Å²) in [6.45, 7) is 0. The normalized spacial score (nSPS) is 26.0. The van der Waals surface area contributed by atoms with Crippen molar-refractivity contribution in [2.75, 3.05) is 0 Å². The van der Waals surface area contributed by atoms with Crippen molar-refractivity contribution in [1.29, 1.82) is 0 Å². The average Bonchev–Trinajstić information content (AvgIpc) is 3.66. The van der Waals surface area contributed by atoms with Crippen LogP contribution in [0.4, 0.5) is 0 Å². The summed E-state index contributed by atoms with van der Waals surface area (Å²) >= 11 is 0. The molecule has 3 aliphatic rings. The van der Waals surface area contributed by atoms with E-state index in [1.807, 2.05) is 60.7 Å². The molecule has 5 aromatic rings. The van der Waals surface area contributed by atoms with Crippen LogP contribution in [0.1, 0.15) is 44.4 Å². The van der Waals surface area contributed by atoms with Gasteiger partial charge in [0.05, 0.1) is 11.0 Å². The summed E-state index contributed by atoms with van der Waals surface area (Å²) in [5.74, 6) is -0.147. The number of hydrogen-bond donors (Lipinski definition) is 0. The van der Waals surface area contributed by atoms with Crippen LogP contribution in [0.25, 0.3) is 21.8 Å². The summed E-state index contributed by atoms with van der Waals surface area (Å²) < 4.78 is 12.4. The molecule has 0 spiro atoms. The molecule has 196 valence electrons. The first-order chi connectivity index (χ1) is 19.6. The monoisotopic (exact) mass is 526 g/mol. The summed E-state index contributed by atoms with van der Waals surface area (Å²) in [4.78, 5) is 36.0. The van der Waals surface area contributed by atoms with Crippen LogP contribution in [0.5, 0.6) is 0 Å². The molecule has 0 amide bonds. The van der Waals surface area contributed by atoms with Crippen molar-refractivity contribution in [2.24, 2.45) is 17.8 Å². The second-order valence-electron chi connectivity index (χ2n) is 11.2. The van der Waals surface area contributed by atoms with E-state index in [2.05, 4.69) is 34.2 Å². The van der Waals surface area contributed by atoms with Gasteiger partial charge in [0, 0.05) is 22.6 Å². The number of para-hydroxylation sites is 2. The first-order valence-electron chi connectivity index (χ1n) is 13.9. The summed E-state index contributed by atoms with van der Waals surface area (Å²) in [5, 5.41) is 1.92. The third-order valence-corrected chi connectivity index (χ3v) is 9.16. The van der Waals surface area contributed by atoms with E-state index in [1.54, 1.807) is 12.1 Å². The lowest BCUT2D eigenvalue weighted by molar-refractivity contribution is -0.0702. The molecule has 2 saturated carbocycles. The summed E-state index contributed by atoms with van der Waals surface area (Å²) in [7, 11) is 0. The molecule has 3 aliphatic carbocycles. The van der Waals surface area contributed by atoms with Crippen LogP contribution in [0.15, 0.2) is 97.1 Å². The molecule has 2 aromatic heterocycles. The first-order valence-corrected chi connectivity index (χ1v) is 13.9. The Balaban J connectivity index is 1.12. The van der Waals surface area contributed by atoms with E-state index in [0.29, 0.717) is 5.92 Å². The zero-order chi connectivity index (χ0) is 26.8. The molecule has 6 nitrogen and oxygen atoms in total. The minimum absolute atomic E-state index is 0.0745. The van der Waals surface area contributed by atoms with Crippen LogP contribution in [0.2, 0.25) is 0 Å². The Bertz CT molecular complexity index is 1820. The maximum absolute atomic E-state index is 13.5. The molecule has 6 heteroatoms. The van der Waals surface area contributed by atoms with E-state index in [0.717, 1.165) is 34.6 Å². The maximum Gasteiger partial charge on any atom is 0.357 e. The van der Waals surface area contributed by atoms with Gasteiger partial charge in [0.15, 0.2) is 0 Å². The first kappa shape index (κ1) is 23.3. The molecule has 40 heavy (non-hydrogen) atoms. The minimum atomic E-state index is -0.553. The van der Waals surface area contributed by atoms with Gasteiger partial charge in [-0.25, -0.2) is 19.6 Å². The Morgan fingerprint density at radius 1 is 0.600 bits per heavy atom. The zero-order valence-corrected chi connectivity index (χ0v) is 21.6. The number of pyridine rings is 2. The van der Waals surface area contributed by atoms with Gasteiger partial charge in [0.1, 0.15) is 23.6 Å². The number of benzene rings is 3. The van der Waals surface area contributed by atoms with Gasteiger partial charge in [-0.05, 0) is 60.1 Å². The van der Waals surface area contributed by atoms with Crippen molar-refractivity contribution < 1.29 is 19.1 Å². The van der Waals surface area contributed by atoms with Gasteiger partial charge in [0.2, 0.25) is 0 Å². The lowest BCUT2D eigenvalue weighted by Crippen LogP contribution is -2.45. The van der Waals surface area contributed by atoms with E-state index >= 15 is 0 Å². The van der Waals surface area contributed by atoms with E-state index in [4.69, 9.17) is 9.47 Å². The Morgan fingerprint density at radius 2 is 1.15 bits per heavy atom. The van der Waals surface area contributed by atoms with E-state index < -0.39 is 24.1 Å². The van der Waals surface area contributed by atoms with Crippen LogP contribution in [0, 0.1) is 17.8 Å². The van der Waals surface area contributed by atoms with Gasteiger partial charge in [-0.3, -0.25) is 0 Å². The molecule has 0 aliphatic heterocycles. The van der Waals surface area contributed by atoms with Crippen molar-refractivity contribution >= 4 is 33.7 Å². The minimum Gasteiger partial charge on any atom is -0.453 e. The largest absolute Gasteiger partial charge is 0.453 e. The van der Waals surface area contributed by atoms with E-state index in [1.165, 1.54) is 11.1 Å². The molecule has 0 radical (unpaired) electrons. The topological polar surface area (TPSA) is 78.4 Å². The lowest BCUT2D eigenvalue weighted by atomic mass is 9.76. The van der Waals surface area contributed by atoms with Crippen LogP contribution >= 0.6 is 0 Å². The molecule has 2 heterocycles. The number of carbonyl (C=O) groups is 2. The van der Waals surface area contributed by atoms with E-state index in [-0.39, 0.29) is 29.1 Å². The van der Waals surface area contributed by atoms with Gasteiger partial charge < -0.3 is 9.47 Å². The summed E-state index contributed by atoms with van der Waals surface area (Å²) in [5.41, 5.74) is 4.67. The quantitative estimate of drug-likeness (QED) is 0.262. The van der Waals surface area contributed by atoms with Gasteiger partial charge in [0.25, 0.3) is 0 Å². The molecule has 2 fully saturated rings. The van der Waals surface area contributed by atoms with Crippen molar-refractivity contribution in [3.05, 3.63) is 120 Å². The number of ether oxygens (including phenoxy) is 2. The fourth-order valence-electron chi connectivity index (χ4n) is 7.50. The van der Waals surface area contributed by atoms with Crippen LogP contribution in [-0.2, 0) is 15.9 Å². The Morgan fingerprint density at radius 3 is 1.80 bits per heavy atom. The Labute approximate surface area is 231 Å². The molecular weight excluding hydrogens is 500 g/mol. The number of rotatable bonds is 4. The average molecular weight is 527 g/mol. The molecule has 0 saturated heterocycles. The predicted octanol–water partition coefficient (Wildman–Crippen LogP) is 6.14. The predicted molar refractivity (Wildman–Crippen MR) is 150 cm³/mol. The van der Waals surface area contributed by atoms with E-state index in [9.17, 15) is 9.59 Å². The fourth-order valence-corrected chi connectivity index (χ4v) is 7.50. The molecule has 0 N–H and O–H groups in total. The van der Waals surface area contributed by atoms with Crippen molar-refractivity contribution in [3.63, 3.8) is 0 Å². The zero-order valence-electron chi connectivity index (χ0n) is 21.6. The smallest absolute Gasteiger partial charge is 0.357 e. The van der Waals surface area contributed by atoms with Gasteiger partial charge in [-0.1, -0.05) is 72.8 Å². The van der Waals surface area contributed by atoms with Crippen LogP contribution in [-0.4, -0.2) is 34.1 Å².